The van der Waals surface area contributed by atoms with Gasteiger partial charge >= 0.3 is 6.03 Å². The van der Waals surface area contributed by atoms with Crippen LogP contribution in [-0.2, 0) is 9.53 Å². The van der Waals surface area contributed by atoms with Crippen LogP contribution in [-0.4, -0.2) is 100 Å². The summed E-state index contributed by atoms with van der Waals surface area (Å²) in [6, 6.07) is -0.511. The highest BCUT2D eigenvalue weighted by atomic mass is 32.1. The van der Waals surface area contributed by atoms with E-state index in [1.165, 1.54) is 11.0 Å². The molecule has 0 bridgehead atoms. The second kappa shape index (κ2) is 14.8. The summed E-state index contributed by atoms with van der Waals surface area (Å²) < 4.78 is 5.54. The van der Waals surface area contributed by atoms with Gasteiger partial charge < -0.3 is 35.8 Å². The lowest BCUT2D eigenvalue weighted by Gasteiger charge is -2.38. The number of hydrogen-bond acceptors (Lipinski definition) is 9. The Balaban J connectivity index is 1.65. The second-order valence-electron chi connectivity index (χ2n) is 8.35. The average Bonchev–Trinajstić information content (AvgIpc) is 3.15. The van der Waals surface area contributed by atoms with Crippen molar-refractivity contribution in [2.75, 3.05) is 32.0 Å². The van der Waals surface area contributed by atoms with E-state index in [4.69, 9.17) is 4.74 Å². The molecule has 3 unspecified atom stereocenters. The largest absolute Gasteiger partial charge is 0.394 e. The number of nitrogens with one attached hydrogen (secondary N) is 3. The topological polar surface area (TPSA) is 164 Å². The molecule has 0 saturated carbocycles. The molecule has 11 nitrogen and oxygen atoms in total. The van der Waals surface area contributed by atoms with Crippen molar-refractivity contribution < 1.29 is 34.8 Å². The molecule has 0 aliphatic carbocycles. The number of amides is 3. The molecule has 190 valence electrons. The quantitative estimate of drug-likeness (QED) is 0.0656. The van der Waals surface area contributed by atoms with Crippen LogP contribution in [0.25, 0.3) is 0 Å². The van der Waals surface area contributed by atoms with Crippen LogP contribution in [0.2, 0.25) is 0 Å². The molecule has 12 heteroatoms. The highest BCUT2D eigenvalue weighted by Gasteiger charge is 2.42. The first-order chi connectivity index (χ1) is 15.8. The van der Waals surface area contributed by atoms with Gasteiger partial charge in [-0.25, -0.2) is 4.79 Å². The standard InChI is InChI=1S/C21H38N4O7S/c26-13-16-15(27)11-19(32-16)25-12-14(20(30)24-21(25)31)5-6-17(28)22-8-3-1-2-4-9-23-18(29)7-10-33/h5-6,14-17,19-20,22,26-28,30,33H,1-4,7-13H2,(H,23,29)(H,24,31)/b6-5+/t14?,15?,16-,17?,19-,20+/m1/s1. The lowest BCUT2D eigenvalue weighted by Crippen LogP contribution is -2.59. The van der Waals surface area contributed by atoms with Crippen LogP contribution in [0.15, 0.2) is 12.2 Å². The predicted octanol–water partition coefficient (Wildman–Crippen LogP) is -1.12. The number of unbranched alkanes of at least 4 members (excludes halogenated alkanes) is 3. The molecule has 6 atom stereocenters. The first kappa shape index (κ1) is 27.8. The number of aliphatic hydroxyl groups is 4. The van der Waals surface area contributed by atoms with Crippen LogP contribution in [0.3, 0.4) is 0 Å². The van der Waals surface area contributed by atoms with Crippen LogP contribution in [0.5, 0.6) is 0 Å². The van der Waals surface area contributed by atoms with E-state index in [-0.39, 0.29) is 25.5 Å². The molecule has 2 saturated heterocycles. The zero-order valence-electron chi connectivity index (χ0n) is 18.8. The first-order valence-electron chi connectivity index (χ1n) is 11.5. The molecule has 0 spiro atoms. The van der Waals surface area contributed by atoms with Crippen molar-refractivity contribution in [3.63, 3.8) is 0 Å². The van der Waals surface area contributed by atoms with Gasteiger partial charge in [0.1, 0.15) is 24.8 Å². The summed E-state index contributed by atoms with van der Waals surface area (Å²) in [4.78, 5) is 24.9. The van der Waals surface area contributed by atoms with Gasteiger partial charge in [-0.05, 0) is 31.2 Å². The summed E-state index contributed by atoms with van der Waals surface area (Å²) in [5.74, 6) is 0.0891. The third-order valence-electron chi connectivity index (χ3n) is 5.74. The van der Waals surface area contributed by atoms with E-state index in [0.29, 0.717) is 25.3 Å². The van der Waals surface area contributed by atoms with Gasteiger partial charge in [-0.1, -0.05) is 18.9 Å². The number of carbonyl (C=O) groups excluding carboxylic acids is 2. The lowest BCUT2D eigenvalue weighted by atomic mass is 10.0. The summed E-state index contributed by atoms with van der Waals surface area (Å²) in [6.45, 7) is 1.08. The van der Waals surface area contributed by atoms with E-state index in [1.807, 2.05) is 0 Å². The van der Waals surface area contributed by atoms with Crippen LogP contribution in [0, 0.1) is 5.92 Å². The van der Waals surface area contributed by atoms with Gasteiger partial charge in [0.05, 0.1) is 12.7 Å². The van der Waals surface area contributed by atoms with Gasteiger partial charge in [0.2, 0.25) is 5.91 Å². The van der Waals surface area contributed by atoms with Crippen molar-refractivity contribution in [2.24, 2.45) is 5.92 Å². The van der Waals surface area contributed by atoms with Crippen molar-refractivity contribution >= 4 is 24.6 Å². The predicted molar refractivity (Wildman–Crippen MR) is 124 cm³/mol. The maximum absolute atomic E-state index is 12.2. The number of nitrogens with zero attached hydrogens (tertiary/aromatic N) is 1. The zero-order chi connectivity index (χ0) is 24.2. The molecule has 0 aromatic heterocycles. The van der Waals surface area contributed by atoms with Crippen LogP contribution < -0.4 is 16.0 Å². The summed E-state index contributed by atoms with van der Waals surface area (Å²) in [5, 5.41) is 47.7. The molecular formula is C21H38N4O7S. The highest BCUT2D eigenvalue weighted by Crippen LogP contribution is 2.26. The molecule has 2 heterocycles. The van der Waals surface area contributed by atoms with E-state index < -0.39 is 42.8 Å². The Labute approximate surface area is 200 Å². The van der Waals surface area contributed by atoms with Crippen LogP contribution in [0.1, 0.15) is 38.5 Å². The number of hydrogen-bond donors (Lipinski definition) is 8. The number of ether oxygens (including phenoxy) is 1. The number of rotatable bonds is 14. The Bertz CT molecular complexity index is 642. The fraction of sp³-hybridized carbons (Fsp3) is 0.810. The monoisotopic (exact) mass is 490 g/mol. The van der Waals surface area contributed by atoms with Gasteiger partial charge in [0.25, 0.3) is 0 Å². The summed E-state index contributed by atoms with van der Waals surface area (Å²) in [6.07, 6.45) is 3.20. The van der Waals surface area contributed by atoms with Gasteiger partial charge in [-0.2, -0.15) is 12.6 Å². The smallest absolute Gasteiger partial charge is 0.321 e. The maximum atomic E-state index is 12.2. The molecule has 2 fully saturated rings. The Morgan fingerprint density at radius 1 is 1.27 bits per heavy atom. The number of carbonyl (C=O) groups is 2. The highest BCUT2D eigenvalue weighted by molar-refractivity contribution is 7.80. The summed E-state index contributed by atoms with van der Waals surface area (Å²) in [7, 11) is 0. The van der Waals surface area contributed by atoms with Crippen LogP contribution in [0.4, 0.5) is 4.79 Å². The van der Waals surface area contributed by atoms with Gasteiger partial charge in [0, 0.05) is 31.8 Å². The van der Waals surface area contributed by atoms with Crippen molar-refractivity contribution in [1.29, 1.82) is 0 Å². The van der Waals surface area contributed by atoms with E-state index in [0.717, 1.165) is 25.7 Å². The number of urea groups is 1. The SMILES string of the molecule is O=C(CCS)NCCCCCCNC(O)/C=C/C1CN([C@H]2CC(O)[C@@H](CO)O2)C(=O)N[C@H]1O. The molecule has 2 aliphatic rings. The van der Waals surface area contributed by atoms with Crippen LogP contribution >= 0.6 is 12.6 Å². The molecule has 3 amide bonds. The second-order valence-corrected chi connectivity index (χ2v) is 8.79. The Morgan fingerprint density at radius 3 is 2.67 bits per heavy atom. The van der Waals surface area contributed by atoms with E-state index in [1.54, 1.807) is 6.08 Å². The van der Waals surface area contributed by atoms with Crippen molar-refractivity contribution in [3.8, 4) is 0 Å². The fourth-order valence-corrected chi connectivity index (χ4v) is 4.00. The van der Waals surface area contributed by atoms with Crippen molar-refractivity contribution in [2.45, 2.75) is 69.4 Å². The molecule has 33 heavy (non-hydrogen) atoms. The van der Waals surface area contributed by atoms with Crippen molar-refractivity contribution in [1.82, 2.24) is 20.9 Å². The third kappa shape index (κ3) is 9.39. The number of aliphatic hydroxyl groups excluding tert-OH is 4. The minimum atomic E-state index is -1.11. The minimum absolute atomic E-state index is 0.0232. The number of thiol groups is 1. The molecular weight excluding hydrogens is 452 g/mol. The Kier molecular flexibility index (Phi) is 12.5. The lowest BCUT2D eigenvalue weighted by molar-refractivity contribution is -0.120. The van der Waals surface area contributed by atoms with E-state index in [2.05, 4.69) is 28.6 Å². The van der Waals surface area contributed by atoms with Gasteiger partial charge in [-0.3, -0.25) is 15.0 Å². The molecule has 2 aliphatic heterocycles. The minimum Gasteiger partial charge on any atom is -0.394 e. The zero-order valence-corrected chi connectivity index (χ0v) is 19.7. The third-order valence-corrected chi connectivity index (χ3v) is 5.96. The molecule has 0 aromatic carbocycles. The first-order valence-corrected chi connectivity index (χ1v) is 12.2. The van der Waals surface area contributed by atoms with Crippen molar-refractivity contribution in [3.05, 3.63) is 12.2 Å². The fourth-order valence-electron chi connectivity index (χ4n) is 3.80. The van der Waals surface area contributed by atoms with E-state index >= 15 is 0 Å². The normalized spacial score (nSPS) is 28.8. The maximum Gasteiger partial charge on any atom is 0.321 e. The molecule has 0 aromatic rings. The summed E-state index contributed by atoms with van der Waals surface area (Å²) in [5.41, 5.74) is 0. The van der Waals surface area contributed by atoms with E-state index in [9.17, 15) is 30.0 Å². The molecule has 0 radical (unpaired) electrons. The van der Waals surface area contributed by atoms with Gasteiger partial charge in [0.15, 0.2) is 0 Å². The van der Waals surface area contributed by atoms with Gasteiger partial charge in [-0.15, -0.1) is 0 Å². The molecule has 7 N–H and O–H groups in total. The average molecular weight is 491 g/mol. The molecule has 2 rings (SSSR count). The Hall–Kier alpha value is -1.41. The summed E-state index contributed by atoms with van der Waals surface area (Å²) >= 11 is 4.02. The Morgan fingerprint density at radius 2 is 2.00 bits per heavy atom.